The molecule has 2 aromatic carbocycles. The van der Waals surface area contributed by atoms with Gasteiger partial charge < -0.3 is 10.5 Å². The second kappa shape index (κ2) is 8.23. The van der Waals surface area contributed by atoms with Crippen LogP contribution in [0.3, 0.4) is 0 Å². The first-order valence-electron chi connectivity index (χ1n) is 7.73. The second-order valence-corrected chi connectivity index (χ2v) is 5.39. The Morgan fingerprint density at radius 1 is 1.23 bits per heavy atom. The largest absolute Gasteiger partial charge is 0.492 e. The molecular formula is C19H23NO2. The van der Waals surface area contributed by atoms with Gasteiger partial charge in [-0.25, -0.2) is 0 Å². The van der Waals surface area contributed by atoms with Crippen molar-refractivity contribution in [2.24, 2.45) is 11.7 Å². The van der Waals surface area contributed by atoms with Gasteiger partial charge in [0, 0.05) is 5.39 Å². The Kier molecular flexibility index (Phi) is 6.01. The zero-order chi connectivity index (χ0) is 15.8. The summed E-state index contributed by atoms with van der Waals surface area (Å²) in [6, 6.07) is 14.0. The van der Waals surface area contributed by atoms with Crippen LogP contribution in [0.25, 0.3) is 10.8 Å². The number of unbranched alkanes of at least 4 members (excludes halogenated alkanes) is 1. The van der Waals surface area contributed by atoms with E-state index < -0.39 is 0 Å². The molecule has 1 unspecified atom stereocenters. The molecule has 2 N–H and O–H groups in total. The van der Waals surface area contributed by atoms with E-state index in [9.17, 15) is 4.79 Å². The van der Waals surface area contributed by atoms with Crippen molar-refractivity contribution in [3.05, 3.63) is 54.6 Å². The van der Waals surface area contributed by atoms with Crippen LogP contribution in [0.1, 0.15) is 26.2 Å². The number of hydrogen-bond donors (Lipinski definition) is 1. The van der Waals surface area contributed by atoms with Crippen LogP contribution < -0.4 is 10.5 Å². The van der Waals surface area contributed by atoms with Gasteiger partial charge in [0.05, 0.1) is 12.5 Å². The van der Waals surface area contributed by atoms with Gasteiger partial charge in [-0.3, -0.25) is 4.79 Å². The van der Waals surface area contributed by atoms with E-state index in [4.69, 9.17) is 10.5 Å². The van der Waals surface area contributed by atoms with E-state index in [-0.39, 0.29) is 11.8 Å². The maximum atomic E-state index is 11.6. The molecule has 0 radical (unpaired) electrons. The molecule has 0 saturated carbocycles. The molecule has 0 saturated heterocycles. The van der Waals surface area contributed by atoms with E-state index in [1.807, 2.05) is 55.5 Å². The van der Waals surface area contributed by atoms with Gasteiger partial charge in [-0.05, 0) is 37.6 Å². The monoisotopic (exact) mass is 297 g/mol. The Labute approximate surface area is 131 Å². The fourth-order valence-corrected chi connectivity index (χ4v) is 2.47. The molecule has 0 aromatic heterocycles. The van der Waals surface area contributed by atoms with Crippen LogP contribution >= 0.6 is 0 Å². The summed E-state index contributed by atoms with van der Waals surface area (Å²) in [4.78, 5) is 11.6. The molecule has 116 valence electrons. The number of allylic oxidation sites excluding steroid dienone is 2. The summed E-state index contributed by atoms with van der Waals surface area (Å²) in [5.74, 6) is 0.266. The van der Waals surface area contributed by atoms with Crippen molar-refractivity contribution in [1.82, 2.24) is 0 Å². The van der Waals surface area contributed by atoms with Gasteiger partial charge in [0.15, 0.2) is 0 Å². The Bertz CT molecular complexity index is 643. The first kappa shape index (κ1) is 16.1. The van der Waals surface area contributed by atoms with Crippen molar-refractivity contribution in [2.75, 3.05) is 6.61 Å². The molecule has 0 aliphatic carbocycles. The van der Waals surface area contributed by atoms with E-state index in [0.717, 1.165) is 35.8 Å². The number of fused-ring (bicyclic) bond motifs is 1. The van der Waals surface area contributed by atoms with Crippen LogP contribution in [0, 0.1) is 5.92 Å². The zero-order valence-corrected chi connectivity index (χ0v) is 13.0. The molecule has 2 aromatic rings. The second-order valence-electron chi connectivity index (χ2n) is 5.39. The van der Waals surface area contributed by atoms with Crippen LogP contribution in [0.2, 0.25) is 0 Å². The van der Waals surface area contributed by atoms with Gasteiger partial charge in [0.1, 0.15) is 5.75 Å². The smallest absolute Gasteiger partial charge is 0.223 e. The fourth-order valence-electron chi connectivity index (χ4n) is 2.47. The van der Waals surface area contributed by atoms with E-state index in [1.165, 1.54) is 0 Å². The van der Waals surface area contributed by atoms with Crippen molar-refractivity contribution in [1.29, 1.82) is 0 Å². The summed E-state index contributed by atoms with van der Waals surface area (Å²) in [5.41, 5.74) is 5.49. The molecule has 3 nitrogen and oxygen atoms in total. The normalized spacial score (nSPS) is 12.6. The highest BCUT2D eigenvalue weighted by Crippen LogP contribution is 2.26. The zero-order valence-electron chi connectivity index (χ0n) is 13.0. The number of ether oxygens (including phenoxy) is 1. The summed E-state index contributed by atoms with van der Waals surface area (Å²) < 4.78 is 5.88. The highest BCUT2D eigenvalue weighted by Gasteiger charge is 2.16. The molecule has 0 heterocycles. The number of benzene rings is 2. The number of carbonyl (C=O) groups excluding carboxylic acids is 1. The van der Waals surface area contributed by atoms with Gasteiger partial charge in [0.25, 0.3) is 0 Å². The van der Waals surface area contributed by atoms with Gasteiger partial charge in [0.2, 0.25) is 5.91 Å². The maximum absolute atomic E-state index is 11.6. The molecule has 2 rings (SSSR count). The molecule has 22 heavy (non-hydrogen) atoms. The van der Waals surface area contributed by atoms with Crippen LogP contribution in [-0.4, -0.2) is 12.5 Å². The Morgan fingerprint density at radius 3 is 2.77 bits per heavy atom. The highest BCUT2D eigenvalue weighted by molar-refractivity contribution is 5.88. The lowest BCUT2D eigenvalue weighted by Crippen LogP contribution is -2.28. The van der Waals surface area contributed by atoms with Gasteiger partial charge >= 0.3 is 0 Å². The average Bonchev–Trinajstić information content (AvgIpc) is 2.54. The topological polar surface area (TPSA) is 52.3 Å². The van der Waals surface area contributed by atoms with E-state index in [0.29, 0.717) is 6.61 Å². The molecular weight excluding hydrogens is 274 g/mol. The Morgan fingerprint density at radius 2 is 2.00 bits per heavy atom. The predicted octanol–water partition coefficient (Wildman–Crippen LogP) is 4.07. The lowest BCUT2D eigenvalue weighted by Gasteiger charge is -2.15. The minimum Gasteiger partial charge on any atom is -0.492 e. The Hall–Kier alpha value is -2.29. The lowest BCUT2D eigenvalue weighted by molar-refractivity contribution is -0.122. The first-order valence-corrected chi connectivity index (χ1v) is 7.73. The standard InChI is InChI=1S/C19H23NO2/c1-2-3-4-5-10-16(19(20)21)14-22-18-13-8-11-15-9-6-7-12-17(15)18/h2-3,6-9,11-13,16H,4-5,10,14H2,1H3,(H2,20,21)/b3-2+. The minimum absolute atomic E-state index is 0.246. The third-order valence-corrected chi connectivity index (χ3v) is 3.75. The molecule has 3 heteroatoms. The first-order chi connectivity index (χ1) is 10.7. The van der Waals surface area contributed by atoms with Gasteiger partial charge in [-0.1, -0.05) is 48.6 Å². The molecule has 0 fully saturated rings. The van der Waals surface area contributed by atoms with Crippen LogP contribution in [0.15, 0.2) is 54.6 Å². The van der Waals surface area contributed by atoms with Crippen molar-refractivity contribution in [2.45, 2.75) is 26.2 Å². The molecule has 0 bridgehead atoms. The summed E-state index contributed by atoms with van der Waals surface area (Å²) in [6.45, 7) is 2.33. The van der Waals surface area contributed by atoms with Crippen LogP contribution in [0.5, 0.6) is 5.75 Å². The number of hydrogen-bond acceptors (Lipinski definition) is 2. The SMILES string of the molecule is C/C=C/CCCC(COc1cccc2ccccc12)C(N)=O. The number of primary amides is 1. The summed E-state index contributed by atoms with van der Waals surface area (Å²) in [6.07, 6.45) is 6.78. The third kappa shape index (κ3) is 4.35. The molecule has 0 spiro atoms. The van der Waals surface area contributed by atoms with Crippen molar-refractivity contribution in [3.8, 4) is 5.75 Å². The minimum atomic E-state index is -0.291. The number of rotatable bonds is 8. The number of nitrogens with two attached hydrogens (primary N) is 1. The number of carbonyl (C=O) groups is 1. The maximum Gasteiger partial charge on any atom is 0.223 e. The van der Waals surface area contributed by atoms with Crippen LogP contribution in [0.4, 0.5) is 0 Å². The quantitative estimate of drug-likeness (QED) is 0.590. The number of amides is 1. The highest BCUT2D eigenvalue weighted by atomic mass is 16.5. The average molecular weight is 297 g/mol. The predicted molar refractivity (Wildman–Crippen MR) is 90.8 cm³/mol. The van der Waals surface area contributed by atoms with E-state index in [1.54, 1.807) is 0 Å². The molecule has 0 aliphatic rings. The molecule has 0 aliphatic heterocycles. The molecule has 1 atom stereocenters. The summed E-state index contributed by atoms with van der Waals surface area (Å²) in [5, 5.41) is 2.19. The molecule has 1 amide bonds. The van der Waals surface area contributed by atoms with Crippen molar-refractivity contribution >= 4 is 16.7 Å². The van der Waals surface area contributed by atoms with Crippen LogP contribution in [-0.2, 0) is 4.79 Å². The lowest BCUT2D eigenvalue weighted by atomic mass is 10.0. The van der Waals surface area contributed by atoms with Crippen molar-refractivity contribution in [3.63, 3.8) is 0 Å². The van der Waals surface area contributed by atoms with Gasteiger partial charge in [-0.15, -0.1) is 0 Å². The van der Waals surface area contributed by atoms with E-state index >= 15 is 0 Å². The fraction of sp³-hybridized carbons (Fsp3) is 0.316. The third-order valence-electron chi connectivity index (χ3n) is 3.75. The summed E-state index contributed by atoms with van der Waals surface area (Å²) in [7, 11) is 0. The van der Waals surface area contributed by atoms with E-state index in [2.05, 4.69) is 6.08 Å². The summed E-state index contributed by atoms with van der Waals surface area (Å²) >= 11 is 0. The Balaban J connectivity index is 2.00. The van der Waals surface area contributed by atoms with Gasteiger partial charge in [-0.2, -0.15) is 0 Å². The van der Waals surface area contributed by atoms with Crippen molar-refractivity contribution < 1.29 is 9.53 Å².